The second kappa shape index (κ2) is 10.8. The molecular weight excluding hydrogens is 466 g/mol. The van der Waals surface area contributed by atoms with Crippen molar-refractivity contribution >= 4 is 38.3 Å². The van der Waals surface area contributed by atoms with Crippen molar-refractivity contribution in [2.75, 3.05) is 62.2 Å². The lowest BCUT2D eigenvalue weighted by Gasteiger charge is -2.37. The van der Waals surface area contributed by atoms with Gasteiger partial charge in [-0.15, -0.1) is 0 Å². The van der Waals surface area contributed by atoms with E-state index >= 15 is 0 Å². The van der Waals surface area contributed by atoms with Crippen LogP contribution in [0.2, 0.25) is 0 Å². The summed E-state index contributed by atoms with van der Waals surface area (Å²) in [6.07, 6.45) is 1.99. The first-order valence-electron chi connectivity index (χ1n) is 13.3. The zero-order chi connectivity index (χ0) is 25.2. The highest BCUT2D eigenvalue weighted by molar-refractivity contribution is 7.22. The van der Waals surface area contributed by atoms with Crippen LogP contribution in [0.4, 0.5) is 10.8 Å². The smallest absolute Gasteiger partial charge is 0.224 e. The molecule has 0 spiro atoms. The molecule has 36 heavy (non-hydrogen) atoms. The summed E-state index contributed by atoms with van der Waals surface area (Å²) >= 11 is 1.76. The fraction of sp³-hybridized carbons (Fsp3) is 0.517. The Bertz CT molecular complexity index is 1230. The van der Waals surface area contributed by atoms with E-state index in [0.29, 0.717) is 0 Å². The highest BCUT2D eigenvalue weighted by Crippen LogP contribution is 2.33. The Labute approximate surface area is 219 Å². The normalized spacial score (nSPS) is 19.2. The summed E-state index contributed by atoms with van der Waals surface area (Å²) in [4.78, 5) is 25.2. The van der Waals surface area contributed by atoms with Gasteiger partial charge in [0.15, 0.2) is 5.13 Å². The maximum Gasteiger partial charge on any atom is 0.224 e. The van der Waals surface area contributed by atoms with Gasteiger partial charge in [0, 0.05) is 58.0 Å². The molecule has 0 radical (unpaired) electrons. The molecule has 2 saturated heterocycles. The largest absolute Gasteiger partial charge is 0.369 e. The van der Waals surface area contributed by atoms with Gasteiger partial charge < -0.3 is 15.1 Å². The number of benzene rings is 2. The van der Waals surface area contributed by atoms with Crippen LogP contribution in [0.1, 0.15) is 35.1 Å². The molecule has 1 unspecified atom stereocenters. The van der Waals surface area contributed by atoms with Crippen molar-refractivity contribution in [2.24, 2.45) is 5.92 Å². The molecule has 2 aliphatic heterocycles. The van der Waals surface area contributed by atoms with E-state index in [4.69, 9.17) is 4.98 Å². The van der Waals surface area contributed by atoms with Gasteiger partial charge in [-0.1, -0.05) is 29.5 Å². The van der Waals surface area contributed by atoms with E-state index in [-0.39, 0.29) is 11.8 Å². The van der Waals surface area contributed by atoms with Gasteiger partial charge in [-0.2, -0.15) is 0 Å². The van der Waals surface area contributed by atoms with Crippen molar-refractivity contribution in [3.05, 3.63) is 52.6 Å². The number of nitrogens with one attached hydrogen (secondary N) is 1. The maximum absolute atomic E-state index is 13.0. The molecule has 0 aliphatic carbocycles. The summed E-state index contributed by atoms with van der Waals surface area (Å²) in [7, 11) is 0. The number of hydrogen-bond donors (Lipinski definition) is 1. The Kier molecular flexibility index (Phi) is 7.49. The number of aromatic nitrogens is 1. The first kappa shape index (κ1) is 25.0. The van der Waals surface area contributed by atoms with E-state index in [1.54, 1.807) is 11.3 Å². The van der Waals surface area contributed by atoms with Crippen LogP contribution in [0.3, 0.4) is 0 Å². The number of aryl methyl sites for hydroxylation is 3. The third-order valence-electron chi connectivity index (χ3n) is 7.90. The number of hydrogen-bond acceptors (Lipinski definition) is 6. The van der Waals surface area contributed by atoms with Crippen LogP contribution in [0.5, 0.6) is 0 Å². The number of carbonyl (C=O) groups excluding carboxylic acids is 1. The van der Waals surface area contributed by atoms with Gasteiger partial charge in [-0.3, -0.25) is 9.69 Å². The van der Waals surface area contributed by atoms with Gasteiger partial charge in [0.1, 0.15) is 0 Å². The average Bonchev–Trinajstić information content (AvgIpc) is 3.31. The Morgan fingerprint density at radius 1 is 1.03 bits per heavy atom. The average molecular weight is 506 g/mol. The van der Waals surface area contributed by atoms with Crippen molar-refractivity contribution in [3.8, 4) is 0 Å². The molecule has 0 saturated carbocycles. The molecule has 6 nitrogen and oxygen atoms in total. The number of piperazine rings is 1. The Morgan fingerprint density at radius 3 is 2.64 bits per heavy atom. The fourth-order valence-electron chi connectivity index (χ4n) is 5.63. The lowest BCUT2D eigenvalue weighted by molar-refractivity contribution is -0.125. The van der Waals surface area contributed by atoms with Crippen LogP contribution in [0, 0.1) is 33.6 Å². The van der Waals surface area contributed by atoms with Crippen LogP contribution in [-0.2, 0) is 4.79 Å². The van der Waals surface area contributed by atoms with E-state index in [9.17, 15) is 4.79 Å². The summed E-state index contributed by atoms with van der Waals surface area (Å²) < 4.78 is 1.24. The number of rotatable bonds is 6. The highest BCUT2D eigenvalue weighted by atomic mass is 32.1. The quantitative estimate of drug-likeness (QED) is 0.527. The van der Waals surface area contributed by atoms with Crippen LogP contribution < -0.4 is 15.1 Å². The molecule has 3 heterocycles. The van der Waals surface area contributed by atoms with E-state index < -0.39 is 0 Å². The minimum absolute atomic E-state index is 0.0368. The highest BCUT2D eigenvalue weighted by Gasteiger charge is 2.28. The molecule has 1 aromatic heterocycles. The summed E-state index contributed by atoms with van der Waals surface area (Å²) in [6.45, 7) is 16.2. The van der Waals surface area contributed by atoms with Gasteiger partial charge in [0.05, 0.1) is 16.1 Å². The van der Waals surface area contributed by atoms with Crippen LogP contribution in [-0.4, -0.2) is 68.1 Å². The molecule has 1 atom stereocenters. The number of carbonyl (C=O) groups is 1. The molecule has 1 N–H and O–H groups in total. The van der Waals surface area contributed by atoms with Gasteiger partial charge in [0.25, 0.3) is 0 Å². The minimum Gasteiger partial charge on any atom is -0.369 e. The minimum atomic E-state index is 0.0368. The predicted molar refractivity (Wildman–Crippen MR) is 152 cm³/mol. The van der Waals surface area contributed by atoms with E-state index in [0.717, 1.165) is 75.8 Å². The first-order valence-corrected chi connectivity index (χ1v) is 14.1. The second-order valence-corrected chi connectivity index (χ2v) is 11.6. The molecule has 2 aromatic carbocycles. The number of piperidine rings is 1. The monoisotopic (exact) mass is 505 g/mol. The molecule has 192 valence electrons. The van der Waals surface area contributed by atoms with Crippen molar-refractivity contribution in [2.45, 2.75) is 40.5 Å². The fourth-order valence-corrected chi connectivity index (χ4v) is 6.81. The summed E-state index contributed by atoms with van der Waals surface area (Å²) in [5.41, 5.74) is 7.71. The van der Waals surface area contributed by atoms with Crippen molar-refractivity contribution < 1.29 is 4.79 Å². The van der Waals surface area contributed by atoms with Crippen LogP contribution in [0.15, 0.2) is 30.3 Å². The van der Waals surface area contributed by atoms with Gasteiger partial charge in [-0.05, 0) is 74.9 Å². The number of amides is 1. The zero-order valence-corrected chi connectivity index (χ0v) is 23.0. The molecule has 2 fully saturated rings. The summed E-state index contributed by atoms with van der Waals surface area (Å²) in [6, 6.07) is 11.0. The van der Waals surface area contributed by atoms with E-state index in [1.165, 1.54) is 32.6 Å². The molecule has 2 aliphatic rings. The standard InChI is InChI=1S/C29H39N5OS/c1-20-17-22(3)27-26(18-20)36-29(31-27)34-11-6-8-24(19-34)28(35)30-10-12-32-13-15-33(16-14-32)25-9-5-7-21(2)23(25)4/h5,7,9,17-18,24H,6,8,10-16,19H2,1-4H3,(H,30,35). The third-order valence-corrected chi connectivity index (χ3v) is 8.96. The second-order valence-electron chi connectivity index (χ2n) is 10.5. The van der Waals surface area contributed by atoms with Crippen LogP contribution in [0.25, 0.3) is 10.2 Å². The lowest BCUT2D eigenvalue weighted by atomic mass is 9.97. The topological polar surface area (TPSA) is 51.7 Å². The number of thiazole rings is 1. The molecule has 7 heteroatoms. The Balaban J connectivity index is 1.09. The summed E-state index contributed by atoms with van der Waals surface area (Å²) in [5, 5.41) is 4.29. The molecule has 3 aromatic rings. The van der Waals surface area contributed by atoms with Crippen molar-refractivity contribution in [3.63, 3.8) is 0 Å². The van der Waals surface area contributed by atoms with Crippen molar-refractivity contribution in [1.82, 2.24) is 15.2 Å². The van der Waals surface area contributed by atoms with Crippen LogP contribution >= 0.6 is 11.3 Å². The van der Waals surface area contributed by atoms with Crippen molar-refractivity contribution in [1.29, 1.82) is 0 Å². The van der Waals surface area contributed by atoms with Gasteiger partial charge in [0.2, 0.25) is 5.91 Å². The summed E-state index contributed by atoms with van der Waals surface area (Å²) in [5.74, 6) is 0.233. The van der Waals surface area contributed by atoms with E-state index in [2.05, 4.69) is 78.0 Å². The number of nitrogens with zero attached hydrogens (tertiary/aromatic N) is 4. The predicted octanol–water partition coefficient (Wildman–Crippen LogP) is 4.68. The molecule has 1 amide bonds. The first-order chi connectivity index (χ1) is 17.4. The SMILES string of the molecule is Cc1cc(C)c2nc(N3CCCC(C(=O)NCCN4CCN(c5cccc(C)c5C)CC4)C3)sc2c1. The molecule has 5 rings (SSSR count). The molecular formula is C29H39N5OS. The zero-order valence-electron chi connectivity index (χ0n) is 22.1. The maximum atomic E-state index is 13.0. The lowest BCUT2D eigenvalue weighted by Crippen LogP contribution is -2.49. The Morgan fingerprint density at radius 2 is 1.83 bits per heavy atom. The molecule has 0 bridgehead atoms. The number of fused-ring (bicyclic) bond motifs is 1. The van der Waals surface area contributed by atoms with E-state index in [1.807, 2.05) is 0 Å². The van der Waals surface area contributed by atoms with Gasteiger partial charge >= 0.3 is 0 Å². The third kappa shape index (κ3) is 5.37. The number of anilines is 2. The Hall–Kier alpha value is -2.64. The van der Waals surface area contributed by atoms with Gasteiger partial charge in [-0.25, -0.2) is 4.98 Å².